The molecule has 0 aromatic heterocycles. The molecule has 100 valence electrons. The van der Waals surface area contributed by atoms with Gasteiger partial charge in [-0.15, -0.1) is 0 Å². The van der Waals surface area contributed by atoms with Crippen molar-refractivity contribution >= 4 is 11.8 Å². The largest absolute Gasteiger partial charge is 0.348 e. The summed E-state index contributed by atoms with van der Waals surface area (Å²) in [4.78, 5) is 25.3. The van der Waals surface area contributed by atoms with E-state index in [9.17, 15) is 9.59 Å². The molecule has 1 atom stereocenters. The molecule has 1 saturated heterocycles. The molecule has 0 radical (unpaired) electrons. The van der Waals surface area contributed by atoms with Crippen LogP contribution in [0.2, 0.25) is 0 Å². The highest BCUT2D eigenvalue weighted by atomic mass is 16.2. The maximum absolute atomic E-state index is 12.0. The predicted octanol–water partition coefficient (Wildman–Crippen LogP) is 1.59. The number of amides is 2. The van der Waals surface area contributed by atoms with Crippen molar-refractivity contribution in [3.8, 4) is 0 Å². The molecule has 2 rings (SSSR count). The first kappa shape index (κ1) is 13.3. The van der Waals surface area contributed by atoms with Gasteiger partial charge in [0.2, 0.25) is 5.91 Å². The third-order valence-corrected chi connectivity index (χ3v) is 3.28. The van der Waals surface area contributed by atoms with Gasteiger partial charge in [0.15, 0.2) is 0 Å². The van der Waals surface area contributed by atoms with Crippen LogP contribution < -0.4 is 5.32 Å². The quantitative estimate of drug-likeness (QED) is 0.837. The number of likely N-dealkylation sites (tertiary alicyclic amines) is 1. The summed E-state index contributed by atoms with van der Waals surface area (Å²) in [5.74, 6) is -0.155. The van der Waals surface area contributed by atoms with Crippen molar-refractivity contribution in [2.75, 3.05) is 13.1 Å². The van der Waals surface area contributed by atoms with Crippen LogP contribution >= 0.6 is 0 Å². The van der Waals surface area contributed by atoms with Crippen molar-refractivity contribution in [1.29, 1.82) is 0 Å². The molecule has 4 heteroatoms. The first-order chi connectivity index (χ1) is 9.20. The van der Waals surface area contributed by atoms with Crippen LogP contribution in [0.4, 0.5) is 0 Å². The minimum Gasteiger partial charge on any atom is -0.348 e. The van der Waals surface area contributed by atoms with E-state index in [1.54, 1.807) is 17.0 Å². The van der Waals surface area contributed by atoms with Gasteiger partial charge in [-0.05, 0) is 31.1 Å². The van der Waals surface area contributed by atoms with Crippen LogP contribution in [-0.2, 0) is 4.79 Å². The first-order valence-electron chi connectivity index (χ1n) is 6.48. The zero-order valence-electron chi connectivity index (χ0n) is 10.8. The lowest BCUT2D eigenvalue weighted by atomic mass is 10.0. The highest BCUT2D eigenvalue weighted by Crippen LogP contribution is 2.11. The summed E-state index contributed by atoms with van der Waals surface area (Å²) >= 11 is 0. The Hall–Kier alpha value is -2.10. The Morgan fingerprint density at radius 2 is 2.05 bits per heavy atom. The van der Waals surface area contributed by atoms with E-state index in [-0.39, 0.29) is 17.9 Å². The van der Waals surface area contributed by atoms with Crippen molar-refractivity contribution < 1.29 is 9.59 Å². The van der Waals surface area contributed by atoms with Gasteiger partial charge in [0.1, 0.15) is 0 Å². The van der Waals surface area contributed by atoms with E-state index in [2.05, 4.69) is 11.9 Å². The van der Waals surface area contributed by atoms with E-state index < -0.39 is 0 Å². The van der Waals surface area contributed by atoms with Crippen LogP contribution in [0, 0.1) is 0 Å². The molecule has 1 unspecified atom stereocenters. The van der Waals surface area contributed by atoms with Crippen LogP contribution in [0.15, 0.2) is 43.0 Å². The third-order valence-electron chi connectivity index (χ3n) is 3.28. The van der Waals surface area contributed by atoms with Crippen LogP contribution in [0.1, 0.15) is 23.2 Å². The molecule has 19 heavy (non-hydrogen) atoms. The van der Waals surface area contributed by atoms with Gasteiger partial charge in [-0.2, -0.15) is 0 Å². The van der Waals surface area contributed by atoms with Crippen LogP contribution in [-0.4, -0.2) is 35.8 Å². The topological polar surface area (TPSA) is 49.4 Å². The molecule has 1 N–H and O–H groups in total. The predicted molar refractivity (Wildman–Crippen MR) is 73.7 cm³/mol. The minimum absolute atomic E-state index is 0.0188. The van der Waals surface area contributed by atoms with Crippen molar-refractivity contribution in [2.45, 2.75) is 18.9 Å². The average molecular weight is 258 g/mol. The number of hydrogen-bond donors (Lipinski definition) is 1. The Bertz CT molecular complexity index is 470. The van der Waals surface area contributed by atoms with Crippen LogP contribution in [0.5, 0.6) is 0 Å². The van der Waals surface area contributed by atoms with Gasteiger partial charge in [0, 0.05) is 24.7 Å². The van der Waals surface area contributed by atoms with Crippen molar-refractivity contribution in [3.63, 3.8) is 0 Å². The molecular formula is C15H18N2O2. The lowest BCUT2D eigenvalue weighted by Crippen LogP contribution is -2.49. The highest BCUT2D eigenvalue weighted by Gasteiger charge is 2.23. The number of carbonyl (C=O) groups excluding carboxylic acids is 2. The van der Waals surface area contributed by atoms with E-state index in [0.29, 0.717) is 12.1 Å². The second-order valence-corrected chi connectivity index (χ2v) is 4.67. The van der Waals surface area contributed by atoms with Gasteiger partial charge in [-0.1, -0.05) is 24.8 Å². The lowest BCUT2D eigenvalue weighted by molar-refractivity contribution is -0.127. The Morgan fingerprint density at radius 1 is 1.32 bits per heavy atom. The summed E-state index contributed by atoms with van der Waals surface area (Å²) < 4.78 is 0. The summed E-state index contributed by atoms with van der Waals surface area (Å²) in [5.41, 5.74) is 0.648. The fourth-order valence-electron chi connectivity index (χ4n) is 2.28. The molecule has 1 aliphatic heterocycles. The molecule has 0 bridgehead atoms. The number of nitrogens with one attached hydrogen (secondary N) is 1. The van der Waals surface area contributed by atoms with Crippen LogP contribution in [0.25, 0.3) is 0 Å². The fourth-order valence-corrected chi connectivity index (χ4v) is 2.28. The smallest absolute Gasteiger partial charge is 0.251 e. The average Bonchev–Trinajstić information content (AvgIpc) is 2.47. The standard InChI is InChI=1S/C15H18N2O2/c1-2-14(18)17-10-6-9-13(11-17)16-15(19)12-7-4-3-5-8-12/h2-5,7-8,13H,1,6,9-11H2,(H,16,19). The SMILES string of the molecule is C=CC(=O)N1CCCC(NC(=O)c2ccccc2)C1. The van der Waals surface area contributed by atoms with E-state index in [1.165, 1.54) is 6.08 Å². The number of carbonyl (C=O) groups is 2. The molecule has 4 nitrogen and oxygen atoms in total. The zero-order valence-corrected chi connectivity index (χ0v) is 10.8. The zero-order chi connectivity index (χ0) is 13.7. The monoisotopic (exact) mass is 258 g/mol. The Kier molecular flexibility index (Phi) is 4.34. The maximum Gasteiger partial charge on any atom is 0.251 e. The summed E-state index contributed by atoms with van der Waals surface area (Å²) in [6, 6.07) is 9.13. The number of benzene rings is 1. The second-order valence-electron chi connectivity index (χ2n) is 4.67. The van der Waals surface area contributed by atoms with Crippen molar-refractivity contribution in [1.82, 2.24) is 10.2 Å². The van der Waals surface area contributed by atoms with Crippen LogP contribution in [0.3, 0.4) is 0 Å². The van der Waals surface area contributed by atoms with E-state index in [1.807, 2.05) is 18.2 Å². The Balaban J connectivity index is 1.94. The van der Waals surface area contributed by atoms with Crippen molar-refractivity contribution in [2.24, 2.45) is 0 Å². The summed E-state index contributed by atoms with van der Waals surface area (Å²) in [5, 5.41) is 2.98. The van der Waals surface area contributed by atoms with E-state index in [4.69, 9.17) is 0 Å². The summed E-state index contributed by atoms with van der Waals surface area (Å²) in [6.07, 6.45) is 3.13. The van der Waals surface area contributed by atoms with Gasteiger partial charge in [0.05, 0.1) is 0 Å². The molecule has 1 aromatic rings. The maximum atomic E-state index is 12.0. The lowest BCUT2D eigenvalue weighted by Gasteiger charge is -2.32. The summed E-state index contributed by atoms with van der Waals surface area (Å²) in [7, 11) is 0. The molecule has 0 saturated carbocycles. The highest BCUT2D eigenvalue weighted by molar-refractivity contribution is 5.94. The molecule has 1 heterocycles. The molecule has 0 aliphatic carbocycles. The van der Waals surface area contributed by atoms with Gasteiger partial charge < -0.3 is 10.2 Å². The molecule has 2 amide bonds. The molecule has 1 aromatic carbocycles. The van der Waals surface area contributed by atoms with Gasteiger partial charge in [-0.25, -0.2) is 0 Å². The normalized spacial score (nSPS) is 18.7. The minimum atomic E-state index is -0.0847. The first-order valence-corrected chi connectivity index (χ1v) is 6.48. The number of rotatable bonds is 3. The molecule has 1 fully saturated rings. The number of hydrogen-bond acceptors (Lipinski definition) is 2. The molecule has 1 aliphatic rings. The van der Waals surface area contributed by atoms with E-state index >= 15 is 0 Å². The fraction of sp³-hybridized carbons (Fsp3) is 0.333. The van der Waals surface area contributed by atoms with Gasteiger partial charge >= 0.3 is 0 Å². The van der Waals surface area contributed by atoms with Gasteiger partial charge in [-0.3, -0.25) is 9.59 Å². The number of piperidine rings is 1. The van der Waals surface area contributed by atoms with Crippen molar-refractivity contribution in [3.05, 3.63) is 48.6 Å². The second kappa shape index (κ2) is 6.18. The molecule has 0 spiro atoms. The summed E-state index contributed by atoms with van der Waals surface area (Å²) in [6.45, 7) is 4.79. The van der Waals surface area contributed by atoms with E-state index in [0.717, 1.165) is 19.4 Å². The van der Waals surface area contributed by atoms with Gasteiger partial charge in [0.25, 0.3) is 5.91 Å². The Morgan fingerprint density at radius 3 is 2.74 bits per heavy atom. The Labute approximate surface area is 113 Å². The number of nitrogens with zero attached hydrogens (tertiary/aromatic N) is 1. The third kappa shape index (κ3) is 3.44. The molecular weight excluding hydrogens is 240 g/mol.